The van der Waals surface area contributed by atoms with Crippen molar-refractivity contribution in [2.24, 2.45) is 0 Å². The Kier molecular flexibility index (Phi) is 10.7. The smallest absolute Gasteiger partial charge is 0.244 e. The molecule has 35 heavy (non-hydrogen) atoms. The zero-order valence-electron chi connectivity index (χ0n) is 20.1. The minimum Gasteiger partial charge on any atom is -0.354 e. The first-order chi connectivity index (χ1) is 16.4. The lowest BCUT2D eigenvalue weighted by molar-refractivity contribution is -0.140. The van der Waals surface area contributed by atoms with Gasteiger partial charge in [-0.15, -0.1) is 0 Å². The number of hydrogen-bond donors (Lipinski definition) is 1. The molecule has 0 aliphatic carbocycles. The van der Waals surface area contributed by atoms with E-state index in [4.69, 9.17) is 34.8 Å². The fourth-order valence-electron chi connectivity index (χ4n) is 3.58. The summed E-state index contributed by atoms with van der Waals surface area (Å²) in [6.45, 7) is 5.33. The van der Waals surface area contributed by atoms with Crippen LogP contribution in [0.5, 0.6) is 0 Å². The van der Waals surface area contributed by atoms with Gasteiger partial charge in [-0.25, -0.2) is 8.42 Å². The van der Waals surface area contributed by atoms with E-state index in [0.29, 0.717) is 44.8 Å². The van der Waals surface area contributed by atoms with E-state index in [0.717, 1.165) is 17.0 Å². The van der Waals surface area contributed by atoms with Crippen molar-refractivity contribution in [2.45, 2.75) is 46.2 Å². The minimum atomic E-state index is -3.86. The normalized spacial score (nSPS) is 12.2. The Morgan fingerprint density at radius 1 is 1.06 bits per heavy atom. The van der Waals surface area contributed by atoms with Gasteiger partial charge >= 0.3 is 0 Å². The van der Waals surface area contributed by atoms with Gasteiger partial charge in [-0.3, -0.25) is 13.9 Å². The Morgan fingerprint density at radius 2 is 1.74 bits per heavy atom. The van der Waals surface area contributed by atoms with Crippen LogP contribution in [0.25, 0.3) is 0 Å². The van der Waals surface area contributed by atoms with Gasteiger partial charge in [-0.05, 0) is 55.2 Å². The third kappa shape index (κ3) is 7.74. The van der Waals surface area contributed by atoms with Crippen LogP contribution >= 0.6 is 34.8 Å². The number of amides is 2. The standard InChI is InChI=1S/C24H30Cl3N3O4S/c1-5-12-28-24(32)21(6-2)29(14-17-10-11-18(25)13-20(17)27)23(31)15-30(35(4,33)34)22-9-7-8-19(26)16(22)3/h7-11,13,21H,5-6,12,14-15H2,1-4H3,(H,28,32). The van der Waals surface area contributed by atoms with E-state index in [2.05, 4.69) is 5.32 Å². The van der Waals surface area contributed by atoms with Gasteiger partial charge in [0.2, 0.25) is 21.8 Å². The molecule has 192 valence electrons. The number of hydrogen-bond acceptors (Lipinski definition) is 4. The van der Waals surface area contributed by atoms with Crippen molar-refractivity contribution in [3.05, 3.63) is 62.6 Å². The summed E-state index contributed by atoms with van der Waals surface area (Å²) in [4.78, 5) is 28.0. The number of carbonyl (C=O) groups is 2. The van der Waals surface area contributed by atoms with Crippen molar-refractivity contribution in [1.82, 2.24) is 10.2 Å². The van der Waals surface area contributed by atoms with Crippen LogP contribution in [0, 0.1) is 6.92 Å². The maximum atomic E-state index is 13.7. The number of carbonyl (C=O) groups excluding carboxylic acids is 2. The Morgan fingerprint density at radius 3 is 2.31 bits per heavy atom. The van der Waals surface area contributed by atoms with Crippen LogP contribution in [0.15, 0.2) is 36.4 Å². The zero-order valence-corrected chi connectivity index (χ0v) is 23.2. The Labute approximate surface area is 222 Å². The largest absolute Gasteiger partial charge is 0.354 e. The number of nitrogens with one attached hydrogen (secondary N) is 1. The quantitative estimate of drug-likeness (QED) is 0.415. The summed E-state index contributed by atoms with van der Waals surface area (Å²) < 4.78 is 26.4. The third-order valence-corrected chi connectivity index (χ3v) is 7.60. The topological polar surface area (TPSA) is 86.8 Å². The van der Waals surface area contributed by atoms with Crippen LogP contribution in [0.2, 0.25) is 15.1 Å². The molecule has 11 heteroatoms. The molecule has 0 heterocycles. The summed E-state index contributed by atoms with van der Waals surface area (Å²) in [5, 5.41) is 3.97. The summed E-state index contributed by atoms with van der Waals surface area (Å²) in [5.41, 5.74) is 1.39. The summed E-state index contributed by atoms with van der Waals surface area (Å²) in [5.74, 6) is -0.878. The van der Waals surface area contributed by atoms with Gasteiger partial charge in [0.25, 0.3) is 0 Å². The molecule has 1 unspecified atom stereocenters. The molecule has 0 fully saturated rings. The maximum Gasteiger partial charge on any atom is 0.244 e. The molecule has 0 saturated heterocycles. The molecular weight excluding hydrogens is 533 g/mol. The number of anilines is 1. The SMILES string of the molecule is CCCNC(=O)C(CC)N(Cc1ccc(Cl)cc1Cl)C(=O)CN(c1cccc(Cl)c1C)S(C)(=O)=O. The van der Waals surface area contributed by atoms with Gasteiger partial charge in [-0.2, -0.15) is 0 Å². The summed E-state index contributed by atoms with van der Waals surface area (Å²) in [6.07, 6.45) is 2.07. The van der Waals surface area contributed by atoms with E-state index in [1.54, 1.807) is 50.2 Å². The van der Waals surface area contributed by atoms with Gasteiger partial charge in [0.15, 0.2) is 0 Å². The van der Waals surface area contributed by atoms with Crippen molar-refractivity contribution in [1.29, 1.82) is 0 Å². The molecule has 1 N–H and O–H groups in total. The first-order valence-electron chi connectivity index (χ1n) is 11.1. The van der Waals surface area contributed by atoms with E-state index < -0.39 is 28.5 Å². The van der Waals surface area contributed by atoms with Crippen molar-refractivity contribution in [3.63, 3.8) is 0 Å². The fourth-order valence-corrected chi connectivity index (χ4v) is 5.12. The van der Waals surface area contributed by atoms with Gasteiger partial charge in [0.05, 0.1) is 11.9 Å². The predicted molar refractivity (Wildman–Crippen MR) is 143 cm³/mol. The average Bonchev–Trinajstić information content (AvgIpc) is 2.78. The number of halogens is 3. The van der Waals surface area contributed by atoms with Crippen molar-refractivity contribution >= 4 is 62.3 Å². The Balaban J connectivity index is 2.50. The number of benzene rings is 2. The Bertz CT molecular complexity index is 1170. The summed E-state index contributed by atoms with van der Waals surface area (Å²) >= 11 is 18.6. The van der Waals surface area contributed by atoms with E-state index in [1.165, 1.54) is 4.90 Å². The van der Waals surface area contributed by atoms with Crippen molar-refractivity contribution in [2.75, 3.05) is 23.7 Å². The molecule has 2 aromatic carbocycles. The fraction of sp³-hybridized carbons (Fsp3) is 0.417. The van der Waals surface area contributed by atoms with E-state index >= 15 is 0 Å². The van der Waals surface area contributed by atoms with Crippen LogP contribution in [0.4, 0.5) is 5.69 Å². The van der Waals surface area contributed by atoms with Gasteiger partial charge in [0.1, 0.15) is 12.6 Å². The highest BCUT2D eigenvalue weighted by atomic mass is 35.5. The predicted octanol–water partition coefficient (Wildman–Crippen LogP) is 5.05. The molecule has 2 aromatic rings. The molecule has 0 saturated carbocycles. The second-order valence-electron chi connectivity index (χ2n) is 8.13. The van der Waals surface area contributed by atoms with Gasteiger partial charge in [0, 0.05) is 28.2 Å². The van der Waals surface area contributed by atoms with Crippen LogP contribution in [-0.2, 0) is 26.2 Å². The lowest BCUT2D eigenvalue weighted by Gasteiger charge is -2.33. The molecule has 0 spiro atoms. The van der Waals surface area contributed by atoms with Gasteiger partial charge in [-0.1, -0.05) is 60.8 Å². The second kappa shape index (κ2) is 12.8. The lowest BCUT2D eigenvalue weighted by Crippen LogP contribution is -2.52. The monoisotopic (exact) mass is 561 g/mol. The molecule has 0 aromatic heterocycles. The van der Waals surface area contributed by atoms with Crippen LogP contribution < -0.4 is 9.62 Å². The molecule has 2 rings (SSSR count). The molecule has 0 aliphatic rings. The van der Waals surface area contributed by atoms with Crippen LogP contribution in [-0.4, -0.2) is 50.5 Å². The van der Waals surface area contributed by atoms with Crippen LogP contribution in [0.1, 0.15) is 37.8 Å². The molecule has 0 bridgehead atoms. The molecule has 7 nitrogen and oxygen atoms in total. The Hall–Kier alpha value is -2.00. The number of nitrogens with zero attached hydrogens (tertiary/aromatic N) is 2. The first-order valence-corrected chi connectivity index (χ1v) is 14.1. The molecule has 0 aliphatic heterocycles. The molecular formula is C24H30Cl3N3O4S. The highest BCUT2D eigenvalue weighted by molar-refractivity contribution is 7.92. The van der Waals surface area contributed by atoms with Crippen LogP contribution in [0.3, 0.4) is 0 Å². The number of rotatable bonds is 11. The summed E-state index contributed by atoms with van der Waals surface area (Å²) in [6, 6.07) is 8.88. The highest BCUT2D eigenvalue weighted by Gasteiger charge is 2.32. The third-order valence-electron chi connectivity index (χ3n) is 5.48. The first kappa shape index (κ1) is 29.2. The van der Waals surface area contributed by atoms with Crippen molar-refractivity contribution < 1.29 is 18.0 Å². The zero-order chi connectivity index (χ0) is 26.3. The number of sulfonamides is 1. The molecule has 2 amide bonds. The lowest BCUT2D eigenvalue weighted by atomic mass is 10.1. The minimum absolute atomic E-state index is 0.000975. The molecule has 1 atom stereocenters. The highest BCUT2D eigenvalue weighted by Crippen LogP contribution is 2.29. The van der Waals surface area contributed by atoms with E-state index in [-0.39, 0.29) is 12.5 Å². The van der Waals surface area contributed by atoms with E-state index in [9.17, 15) is 18.0 Å². The molecule has 0 radical (unpaired) electrons. The van der Waals surface area contributed by atoms with Crippen molar-refractivity contribution in [3.8, 4) is 0 Å². The van der Waals surface area contributed by atoms with Gasteiger partial charge < -0.3 is 10.2 Å². The average molecular weight is 563 g/mol. The maximum absolute atomic E-state index is 13.7. The second-order valence-corrected chi connectivity index (χ2v) is 11.3. The van der Waals surface area contributed by atoms with E-state index in [1.807, 2.05) is 6.92 Å². The summed E-state index contributed by atoms with van der Waals surface area (Å²) in [7, 11) is -3.86.